The van der Waals surface area contributed by atoms with Crippen LogP contribution in [0.25, 0.3) is 0 Å². The molecule has 0 bridgehead atoms. The number of rotatable bonds is 9. The first kappa shape index (κ1) is 24.0. The van der Waals surface area contributed by atoms with Crippen LogP contribution in [-0.4, -0.2) is 50.3 Å². The SMILES string of the molecule is C#CCN(C(=O)CCC(=O)c1cc(OC)c(C)cc1OC)S(=O)(=O)c1c(C)noc1C. The molecule has 0 fully saturated rings. The Balaban J connectivity index is 2.27. The van der Waals surface area contributed by atoms with Crippen molar-refractivity contribution in [3.8, 4) is 23.8 Å². The Morgan fingerprint density at radius 2 is 1.77 bits per heavy atom. The molecule has 31 heavy (non-hydrogen) atoms. The third kappa shape index (κ3) is 4.88. The van der Waals surface area contributed by atoms with Crippen LogP contribution in [0.4, 0.5) is 0 Å². The number of ether oxygens (including phenoxy) is 2. The largest absolute Gasteiger partial charge is 0.496 e. The summed E-state index contributed by atoms with van der Waals surface area (Å²) in [5.41, 5.74) is 1.12. The summed E-state index contributed by atoms with van der Waals surface area (Å²) in [6.07, 6.45) is 4.66. The van der Waals surface area contributed by atoms with E-state index >= 15 is 0 Å². The van der Waals surface area contributed by atoms with Crippen LogP contribution in [0.1, 0.15) is 40.2 Å². The lowest BCUT2D eigenvalue weighted by molar-refractivity contribution is -0.126. The van der Waals surface area contributed by atoms with E-state index in [2.05, 4.69) is 11.1 Å². The van der Waals surface area contributed by atoms with Crippen LogP contribution in [-0.2, 0) is 14.8 Å². The van der Waals surface area contributed by atoms with Crippen molar-refractivity contribution in [1.29, 1.82) is 0 Å². The van der Waals surface area contributed by atoms with Crippen LogP contribution >= 0.6 is 0 Å². The second-order valence-electron chi connectivity index (χ2n) is 6.71. The zero-order valence-corrected chi connectivity index (χ0v) is 18.8. The highest BCUT2D eigenvalue weighted by molar-refractivity contribution is 7.89. The number of methoxy groups -OCH3 is 2. The third-order valence-corrected chi connectivity index (χ3v) is 6.62. The molecule has 1 heterocycles. The number of nitrogens with zero attached hydrogens (tertiary/aromatic N) is 2. The van der Waals surface area contributed by atoms with Gasteiger partial charge in [-0.1, -0.05) is 11.1 Å². The average Bonchev–Trinajstić information content (AvgIpc) is 3.08. The van der Waals surface area contributed by atoms with Crippen LogP contribution in [0.5, 0.6) is 11.5 Å². The molecule has 0 aliphatic rings. The number of sulfonamides is 1. The number of aromatic nitrogens is 1. The van der Waals surface area contributed by atoms with Gasteiger partial charge in [-0.15, -0.1) is 6.42 Å². The molecule has 166 valence electrons. The molecule has 0 saturated heterocycles. The minimum atomic E-state index is -4.29. The van der Waals surface area contributed by atoms with Gasteiger partial charge in [-0.2, -0.15) is 0 Å². The Kier molecular flexibility index (Phi) is 7.46. The Bertz CT molecular complexity index is 1120. The Hall–Kier alpha value is -3.32. The molecule has 0 radical (unpaired) electrons. The lowest BCUT2D eigenvalue weighted by Gasteiger charge is -2.20. The van der Waals surface area contributed by atoms with Crippen LogP contribution in [0, 0.1) is 33.1 Å². The van der Waals surface area contributed by atoms with E-state index < -0.39 is 28.3 Å². The van der Waals surface area contributed by atoms with E-state index in [0.717, 1.165) is 5.56 Å². The zero-order valence-electron chi connectivity index (χ0n) is 18.0. The molecule has 0 saturated carbocycles. The van der Waals surface area contributed by atoms with Gasteiger partial charge in [0.2, 0.25) is 5.91 Å². The molecule has 2 aromatic rings. The van der Waals surface area contributed by atoms with E-state index in [1.54, 1.807) is 13.0 Å². The van der Waals surface area contributed by atoms with E-state index in [4.69, 9.17) is 20.4 Å². The van der Waals surface area contributed by atoms with E-state index in [9.17, 15) is 18.0 Å². The molecule has 0 spiro atoms. The van der Waals surface area contributed by atoms with Gasteiger partial charge in [-0.25, -0.2) is 12.7 Å². The van der Waals surface area contributed by atoms with Crippen molar-refractivity contribution >= 4 is 21.7 Å². The summed E-state index contributed by atoms with van der Waals surface area (Å²) in [5, 5.41) is 3.62. The lowest BCUT2D eigenvalue weighted by Crippen LogP contribution is -2.37. The smallest absolute Gasteiger partial charge is 0.272 e. The van der Waals surface area contributed by atoms with Gasteiger partial charge in [0, 0.05) is 12.8 Å². The number of Topliss-reactive ketones (excluding diaryl/α,β-unsaturated/α-hetero) is 1. The van der Waals surface area contributed by atoms with Crippen LogP contribution in [0.2, 0.25) is 0 Å². The highest BCUT2D eigenvalue weighted by Crippen LogP contribution is 2.30. The maximum atomic E-state index is 13.0. The predicted octanol–water partition coefficient (Wildman–Crippen LogP) is 2.43. The fourth-order valence-electron chi connectivity index (χ4n) is 3.09. The van der Waals surface area contributed by atoms with E-state index in [1.807, 2.05) is 0 Å². The van der Waals surface area contributed by atoms with Crippen molar-refractivity contribution in [1.82, 2.24) is 9.46 Å². The molecule has 0 N–H and O–H groups in total. The number of aryl methyl sites for hydroxylation is 3. The summed E-state index contributed by atoms with van der Waals surface area (Å²) in [4.78, 5) is 25.3. The standard InChI is InChI=1S/C21H24N2O7S/c1-7-10-23(31(26,27)21-14(3)22-30-15(21)4)20(25)9-8-17(24)16-12-18(28-5)13(2)11-19(16)29-6/h1,11-12H,8-10H2,2-6H3. The quantitative estimate of drug-likeness (QED) is 0.424. The number of terminal acetylenes is 1. The maximum absolute atomic E-state index is 13.0. The molecule has 1 aromatic carbocycles. The molecule has 9 nitrogen and oxygen atoms in total. The van der Waals surface area contributed by atoms with Gasteiger partial charge in [0.05, 0.1) is 26.3 Å². The monoisotopic (exact) mass is 448 g/mol. The first-order valence-electron chi connectivity index (χ1n) is 9.26. The molecule has 0 atom stereocenters. The van der Waals surface area contributed by atoms with Crippen LogP contribution < -0.4 is 9.47 Å². The van der Waals surface area contributed by atoms with Crippen molar-refractivity contribution in [2.75, 3.05) is 20.8 Å². The number of carbonyl (C=O) groups is 2. The summed E-state index contributed by atoms with van der Waals surface area (Å²) in [6, 6.07) is 3.18. The Labute approximate surface area is 181 Å². The summed E-state index contributed by atoms with van der Waals surface area (Å²) in [6.45, 7) is 4.19. The number of hydrogen-bond donors (Lipinski definition) is 0. The Morgan fingerprint density at radius 3 is 2.29 bits per heavy atom. The first-order chi connectivity index (χ1) is 14.6. The lowest BCUT2D eigenvalue weighted by atomic mass is 10.0. The predicted molar refractivity (Wildman–Crippen MR) is 112 cm³/mol. The number of hydrogen-bond acceptors (Lipinski definition) is 8. The van der Waals surface area contributed by atoms with Crippen molar-refractivity contribution in [2.45, 2.75) is 38.5 Å². The van der Waals surface area contributed by atoms with Crippen molar-refractivity contribution < 1.29 is 32.0 Å². The maximum Gasteiger partial charge on any atom is 0.272 e. The first-order valence-corrected chi connectivity index (χ1v) is 10.7. The van der Waals surface area contributed by atoms with Gasteiger partial charge >= 0.3 is 0 Å². The second kappa shape index (κ2) is 9.66. The fraction of sp³-hybridized carbons (Fsp3) is 0.381. The molecule has 10 heteroatoms. The minimum Gasteiger partial charge on any atom is -0.496 e. The molecule has 0 unspecified atom stereocenters. The van der Waals surface area contributed by atoms with Crippen molar-refractivity contribution in [3.63, 3.8) is 0 Å². The number of carbonyl (C=O) groups excluding carboxylic acids is 2. The fourth-order valence-corrected chi connectivity index (χ4v) is 4.73. The number of amides is 1. The molecular weight excluding hydrogens is 424 g/mol. The molecule has 0 aliphatic heterocycles. The van der Waals surface area contributed by atoms with Crippen LogP contribution in [0.3, 0.4) is 0 Å². The molecule has 1 amide bonds. The average molecular weight is 448 g/mol. The van der Waals surface area contributed by atoms with Gasteiger partial charge in [0.15, 0.2) is 16.4 Å². The number of ketones is 1. The normalized spacial score (nSPS) is 11.0. The van der Waals surface area contributed by atoms with Gasteiger partial charge < -0.3 is 14.0 Å². The summed E-state index contributed by atoms with van der Waals surface area (Å²) in [7, 11) is -1.39. The highest BCUT2D eigenvalue weighted by atomic mass is 32.2. The van der Waals surface area contributed by atoms with Crippen molar-refractivity contribution in [2.24, 2.45) is 0 Å². The number of benzene rings is 1. The van der Waals surface area contributed by atoms with Gasteiger partial charge in [0.25, 0.3) is 10.0 Å². The van der Waals surface area contributed by atoms with Crippen LogP contribution in [0.15, 0.2) is 21.6 Å². The van der Waals surface area contributed by atoms with Gasteiger partial charge in [0.1, 0.15) is 17.2 Å². The minimum absolute atomic E-state index is 0.0416. The third-order valence-electron chi connectivity index (χ3n) is 4.61. The van der Waals surface area contributed by atoms with E-state index in [-0.39, 0.29) is 34.8 Å². The summed E-state index contributed by atoms with van der Waals surface area (Å²) < 4.78 is 41.9. The molecule has 1 aromatic heterocycles. The van der Waals surface area contributed by atoms with Gasteiger partial charge in [-0.3, -0.25) is 9.59 Å². The highest BCUT2D eigenvalue weighted by Gasteiger charge is 2.34. The molecule has 0 aliphatic carbocycles. The van der Waals surface area contributed by atoms with Gasteiger partial charge in [-0.05, 0) is 38.5 Å². The molecular formula is C21H24N2O7S. The molecule has 2 rings (SSSR count). The van der Waals surface area contributed by atoms with E-state index in [0.29, 0.717) is 15.8 Å². The summed E-state index contributed by atoms with van der Waals surface area (Å²) in [5.74, 6) is 1.81. The Morgan fingerprint density at radius 1 is 1.13 bits per heavy atom. The topological polar surface area (TPSA) is 116 Å². The zero-order chi connectivity index (χ0) is 23.3. The second-order valence-corrected chi connectivity index (χ2v) is 8.51. The van der Waals surface area contributed by atoms with Crippen molar-refractivity contribution in [3.05, 3.63) is 34.7 Å². The van der Waals surface area contributed by atoms with E-state index in [1.165, 1.54) is 34.1 Å². The summed E-state index contributed by atoms with van der Waals surface area (Å²) >= 11 is 0.